The van der Waals surface area contributed by atoms with Crippen molar-refractivity contribution in [3.8, 4) is 5.75 Å². The Kier molecular flexibility index (Phi) is 2.99. The summed E-state index contributed by atoms with van der Waals surface area (Å²) < 4.78 is 1.26. The summed E-state index contributed by atoms with van der Waals surface area (Å²) in [6.45, 7) is 6.29. The molecule has 0 amide bonds. The highest BCUT2D eigenvalue weighted by molar-refractivity contribution is 14.1. The zero-order valence-electron chi connectivity index (χ0n) is 7.56. The largest absolute Gasteiger partial charge is 0.508 e. The zero-order chi connectivity index (χ0) is 9.30. The summed E-state index contributed by atoms with van der Waals surface area (Å²) in [5.41, 5.74) is 2.38. The first-order valence-electron chi connectivity index (χ1n) is 4.01. The average molecular weight is 276 g/mol. The third-order valence-corrected chi connectivity index (χ3v) is 3.36. The van der Waals surface area contributed by atoms with E-state index in [0.29, 0.717) is 11.7 Å². The van der Waals surface area contributed by atoms with Crippen molar-refractivity contribution in [1.82, 2.24) is 0 Å². The van der Waals surface area contributed by atoms with E-state index in [0.717, 1.165) is 5.56 Å². The van der Waals surface area contributed by atoms with E-state index < -0.39 is 0 Å². The lowest BCUT2D eigenvalue weighted by Crippen LogP contribution is -1.93. The zero-order valence-corrected chi connectivity index (χ0v) is 9.71. The first-order valence-corrected chi connectivity index (χ1v) is 5.09. The van der Waals surface area contributed by atoms with E-state index in [1.165, 1.54) is 9.13 Å². The molecule has 0 spiro atoms. The van der Waals surface area contributed by atoms with Crippen LogP contribution in [0, 0.1) is 10.5 Å². The number of hydrogen-bond donors (Lipinski definition) is 1. The van der Waals surface area contributed by atoms with Crippen LogP contribution in [-0.4, -0.2) is 5.11 Å². The fourth-order valence-corrected chi connectivity index (χ4v) is 2.13. The molecule has 0 aromatic heterocycles. The summed E-state index contributed by atoms with van der Waals surface area (Å²) in [7, 11) is 0. The quantitative estimate of drug-likeness (QED) is 0.779. The third-order valence-electron chi connectivity index (χ3n) is 1.89. The van der Waals surface area contributed by atoms with Crippen molar-refractivity contribution in [3.05, 3.63) is 26.8 Å². The van der Waals surface area contributed by atoms with Crippen LogP contribution in [0.2, 0.25) is 0 Å². The lowest BCUT2D eigenvalue weighted by molar-refractivity contribution is 0.473. The van der Waals surface area contributed by atoms with Gasteiger partial charge in [0.2, 0.25) is 0 Å². The van der Waals surface area contributed by atoms with Gasteiger partial charge in [0.15, 0.2) is 0 Å². The molecule has 0 aliphatic heterocycles. The molecule has 1 rings (SSSR count). The normalized spacial score (nSPS) is 10.8. The van der Waals surface area contributed by atoms with Gasteiger partial charge in [0, 0.05) is 3.57 Å². The fraction of sp³-hybridized carbons (Fsp3) is 0.400. The van der Waals surface area contributed by atoms with E-state index in [9.17, 15) is 5.11 Å². The smallest absolute Gasteiger partial charge is 0.116 e. The second-order valence-corrected chi connectivity index (χ2v) is 4.40. The summed E-state index contributed by atoms with van der Waals surface area (Å²) in [6.07, 6.45) is 0. The summed E-state index contributed by atoms with van der Waals surface area (Å²) >= 11 is 2.33. The highest BCUT2D eigenvalue weighted by Gasteiger charge is 2.07. The molecule has 0 saturated heterocycles. The van der Waals surface area contributed by atoms with E-state index >= 15 is 0 Å². The molecule has 0 aliphatic rings. The van der Waals surface area contributed by atoms with E-state index in [4.69, 9.17) is 0 Å². The topological polar surface area (TPSA) is 20.2 Å². The summed E-state index contributed by atoms with van der Waals surface area (Å²) in [4.78, 5) is 0. The molecule has 0 radical (unpaired) electrons. The maximum atomic E-state index is 9.36. The highest BCUT2D eigenvalue weighted by Crippen LogP contribution is 2.28. The Hall–Kier alpha value is -0.250. The van der Waals surface area contributed by atoms with Gasteiger partial charge < -0.3 is 5.11 Å². The predicted octanol–water partition coefficient (Wildman–Crippen LogP) is 3.43. The van der Waals surface area contributed by atoms with E-state index in [1.54, 1.807) is 6.07 Å². The van der Waals surface area contributed by atoms with Gasteiger partial charge in [0.05, 0.1) is 0 Å². The highest BCUT2D eigenvalue weighted by atomic mass is 127. The summed E-state index contributed by atoms with van der Waals surface area (Å²) in [5.74, 6) is 0.847. The van der Waals surface area contributed by atoms with Gasteiger partial charge in [0.25, 0.3) is 0 Å². The summed E-state index contributed by atoms with van der Waals surface area (Å²) in [6, 6.07) is 3.65. The molecular formula is C10H13IO. The van der Waals surface area contributed by atoms with Crippen molar-refractivity contribution in [2.75, 3.05) is 0 Å². The molecule has 0 unspecified atom stereocenters. The average Bonchev–Trinajstić information content (AvgIpc) is 1.96. The number of hydrogen-bond acceptors (Lipinski definition) is 1. The van der Waals surface area contributed by atoms with Gasteiger partial charge in [-0.3, -0.25) is 0 Å². The molecule has 0 aliphatic carbocycles. The lowest BCUT2D eigenvalue weighted by atomic mass is 10.0. The minimum Gasteiger partial charge on any atom is -0.508 e. The van der Waals surface area contributed by atoms with Crippen molar-refractivity contribution in [1.29, 1.82) is 0 Å². The molecule has 66 valence electrons. The van der Waals surface area contributed by atoms with Crippen LogP contribution in [0.25, 0.3) is 0 Å². The van der Waals surface area contributed by atoms with Crippen LogP contribution in [-0.2, 0) is 0 Å². The third kappa shape index (κ3) is 1.91. The Morgan fingerprint density at radius 3 is 2.42 bits per heavy atom. The minimum absolute atomic E-state index is 0.372. The second kappa shape index (κ2) is 3.64. The van der Waals surface area contributed by atoms with Crippen LogP contribution in [0.5, 0.6) is 5.75 Å². The van der Waals surface area contributed by atoms with Crippen LogP contribution in [0.4, 0.5) is 0 Å². The van der Waals surface area contributed by atoms with Crippen molar-refractivity contribution >= 4 is 22.6 Å². The molecule has 2 heteroatoms. The number of benzene rings is 1. The Morgan fingerprint density at radius 1 is 1.33 bits per heavy atom. The number of aryl methyl sites for hydroxylation is 1. The van der Waals surface area contributed by atoms with Crippen molar-refractivity contribution in [3.63, 3.8) is 0 Å². The minimum atomic E-state index is 0.372. The van der Waals surface area contributed by atoms with Crippen LogP contribution in [0.1, 0.15) is 30.9 Å². The standard InChI is InChI=1S/C10H13IO/c1-6(2)9-5-8(12)4-7(3)10(9)11/h4-6,12H,1-3H3. The first-order chi connectivity index (χ1) is 5.52. The number of phenolic OH excluding ortho intramolecular Hbond substituents is 1. The van der Waals surface area contributed by atoms with E-state index in [2.05, 4.69) is 36.4 Å². The molecule has 0 heterocycles. The number of phenols is 1. The molecule has 0 fully saturated rings. The lowest BCUT2D eigenvalue weighted by Gasteiger charge is -2.11. The van der Waals surface area contributed by atoms with Gasteiger partial charge in [-0.1, -0.05) is 13.8 Å². The van der Waals surface area contributed by atoms with Gasteiger partial charge in [-0.25, -0.2) is 0 Å². The predicted molar refractivity (Wildman–Crippen MR) is 59.6 cm³/mol. The molecule has 0 saturated carbocycles. The SMILES string of the molecule is Cc1cc(O)cc(C(C)C)c1I. The van der Waals surface area contributed by atoms with Gasteiger partial charge in [-0.05, 0) is 58.7 Å². The number of aromatic hydroxyl groups is 1. The molecule has 0 bridgehead atoms. The molecule has 12 heavy (non-hydrogen) atoms. The Labute approximate surface area is 86.9 Å². The van der Waals surface area contributed by atoms with E-state index in [1.807, 2.05) is 13.0 Å². The van der Waals surface area contributed by atoms with Crippen LogP contribution in [0.3, 0.4) is 0 Å². The molecule has 0 atom stereocenters. The van der Waals surface area contributed by atoms with Gasteiger partial charge in [0.1, 0.15) is 5.75 Å². The maximum absolute atomic E-state index is 9.36. The molecule has 1 aromatic rings. The number of halogens is 1. The molecule has 1 aromatic carbocycles. The van der Waals surface area contributed by atoms with Crippen LogP contribution >= 0.6 is 22.6 Å². The van der Waals surface area contributed by atoms with Crippen molar-refractivity contribution in [2.45, 2.75) is 26.7 Å². The monoisotopic (exact) mass is 276 g/mol. The van der Waals surface area contributed by atoms with Gasteiger partial charge in [-0.2, -0.15) is 0 Å². The fourth-order valence-electron chi connectivity index (χ4n) is 1.20. The molecular weight excluding hydrogens is 263 g/mol. The van der Waals surface area contributed by atoms with Crippen LogP contribution in [0.15, 0.2) is 12.1 Å². The van der Waals surface area contributed by atoms with Gasteiger partial charge >= 0.3 is 0 Å². The molecule has 1 N–H and O–H groups in total. The van der Waals surface area contributed by atoms with Crippen LogP contribution < -0.4 is 0 Å². The van der Waals surface area contributed by atoms with Crippen molar-refractivity contribution < 1.29 is 5.11 Å². The second-order valence-electron chi connectivity index (χ2n) is 3.32. The molecule has 1 nitrogen and oxygen atoms in total. The Morgan fingerprint density at radius 2 is 1.92 bits per heavy atom. The van der Waals surface area contributed by atoms with Gasteiger partial charge in [-0.15, -0.1) is 0 Å². The summed E-state index contributed by atoms with van der Waals surface area (Å²) in [5, 5.41) is 9.36. The maximum Gasteiger partial charge on any atom is 0.116 e. The Balaban J connectivity index is 3.28. The first kappa shape index (κ1) is 9.84. The number of rotatable bonds is 1. The van der Waals surface area contributed by atoms with E-state index in [-0.39, 0.29) is 0 Å². The van der Waals surface area contributed by atoms with Crippen molar-refractivity contribution in [2.24, 2.45) is 0 Å². The Bertz CT molecular complexity index is 292.